The molecule has 0 saturated heterocycles. The second kappa shape index (κ2) is 10.2. The van der Waals surface area contributed by atoms with Gasteiger partial charge in [0.25, 0.3) is 5.91 Å². The molecule has 4 nitrogen and oxygen atoms in total. The van der Waals surface area contributed by atoms with Crippen LogP contribution in [0.15, 0.2) is 84.9 Å². The van der Waals surface area contributed by atoms with E-state index in [1.54, 1.807) is 24.3 Å². The van der Waals surface area contributed by atoms with Crippen LogP contribution >= 0.6 is 0 Å². The number of anilines is 1. The lowest BCUT2D eigenvalue weighted by Gasteiger charge is -2.19. The highest BCUT2D eigenvalue weighted by molar-refractivity contribution is 6.01. The molecule has 0 spiro atoms. The van der Waals surface area contributed by atoms with Crippen molar-refractivity contribution in [3.8, 4) is 0 Å². The van der Waals surface area contributed by atoms with Gasteiger partial charge in [-0.1, -0.05) is 74.0 Å². The predicted octanol–water partition coefficient (Wildman–Crippen LogP) is 4.62. The van der Waals surface area contributed by atoms with Gasteiger partial charge in [-0.2, -0.15) is 0 Å². The molecular formula is C25H26N2O2. The number of amides is 2. The monoisotopic (exact) mass is 386 g/mol. The molecule has 0 aliphatic heterocycles. The summed E-state index contributed by atoms with van der Waals surface area (Å²) in [5.74, 6) is -0.492. The molecule has 1 atom stereocenters. The van der Waals surface area contributed by atoms with Crippen LogP contribution in [0.1, 0.15) is 34.8 Å². The third kappa shape index (κ3) is 6.04. The van der Waals surface area contributed by atoms with Gasteiger partial charge in [0.05, 0.1) is 0 Å². The van der Waals surface area contributed by atoms with Crippen LogP contribution in [-0.2, 0) is 17.6 Å². The zero-order valence-electron chi connectivity index (χ0n) is 16.6. The third-order valence-electron chi connectivity index (χ3n) is 4.67. The van der Waals surface area contributed by atoms with Crippen LogP contribution in [0.2, 0.25) is 0 Å². The second-order valence-corrected chi connectivity index (χ2v) is 7.02. The van der Waals surface area contributed by atoms with E-state index >= 15 is 0 Å². The second-order valence-electron chi connectivity index (χ2n) is 7.02. The first-order valence-electron chi connectivity index (χ1n) is 9.95. The van der Waals surface area contributed by atoms with E-state index in [-0.39, 0.29) is 11.8 Å². The lowest BCUT2D eigenvalue weighted by Crippen LogP contribution is -2.45. The van der Waals surface area contributed by atoms with Gasteiger partial charge in [-0.15, -0.1) is 0 Å². The number of aryl methyl sites for hydroxylation is 1. The zero-order chi connectivity index (χ0) is 20.5. The highest BCUT2D eigenvalue weighted by Crippen LogP contribution is 2.14. The third-order valence-corrected chi connectivity index (χ3v) is 4.67. The largest absolute Gasteiger partial charge is 0.340 e. The van der Waals surface area contributed by atoms with Gasteiger partial charge in [0.2, 0.25) is 5.91 Å². The van der Waals surface area contributed by atoms with Crippen LogP contribution < -0.4 is 10.6 Å². The van der Waals surface area contributed by atoms with Gasteiger partial charge < -0.3 is 10.6 Å². The molecule has 1 unspecified atom stereocenters. The van der Waals surface area contributed by atoms with E-state index in [1.165, 1.54) is 5.56 Å². The van der Waals surface area contributed by atoms with Crippen molar-refractivity contribution in [1.29, 1.82) is 0 Å². The SMILES string of the molecule is CCCc1cccc(NC(=O)C(Cc2ccccc2)NC(=O)c2ccccc2)c1. The van der Waals surface area contributed by atoms with Crippen LogP contribution in [0.3, 0.4) is 0 Å². The smallest absolute Gasteiger partial charge is 0.251 e. The highest BCUT2D eigenvalue weighted by atomic mass is 16.2. The average molecular weight is 386 g/mol. The van der Waals surface area contributed by atoms with Crippen molar-refractivity contribution in [2.75, 3.05) is 5.32 Å². The molecule has 4 heteroatoms. The van der Waals surface area contributed by atoms with Crippen molar-refractivity contribution < 1.29 is 9.59 Å². The lowest BCUT2D eigenvalue weighted by molar-refractivity contribution is -0.118. The first kappa shape index (κ1) is 20.3. The summed E-state index contributed by atoms with van der Waals surface area (Å²) in [6.07, 6.45) is 2.42. The fourth-order valence-corrected chi connectivity index (χ4v) is 3.21. The Morgan fingerprint density at radius 3 is 2.17 bits per heavy atom. The molecule has 0 fully saturated rings. The van der Waals surface area contributed by atoms with Gasteiger partial charge in [0.1, 0.15) is 6.04 Å². The Hall–Kier alpha value is -3.40. The molecule has 0 radical (unpaired) electrons. The molecule has 29 heavy (non-hydrogen) atoms. The van der Waals surface area contributed by atoms with Crippen LogP contribution in [0, 0.1) is 0 Å². The summed E-state index contributed by atoms with van der Waals surface area (Å²) in [4.78, 5) is 25.7. The standard InChI is InChI=1S/C25H26N2O2/c1-2-10-19-13-9-16-22(17-19)26-25(29)23(18-20-11-5-3-6-12-20)27-24(28)21-14-7-4-8-15-21/h3-9,11-17,23H,2,10,18H2,1H3,(H,26,29)(H,27,28). The lowest BCUT2D eigenvalue weighted by atomic mass is 10.0. The Bertz CT molecular complexity index is 939. The Morgan fingerprint density at radius 2 is 1.48 bits per heavy atom. The minimum absolute atomic E-state index is 0.230. The van der Waals surface area contributed by atoms with E-state index in [1.807, 2.05) is 54.6 Å². The Balaban J connectivity index is 1.77. The Labute approximate surface area is 172 Å². The summed E-state index contributed by atoms with van der Waals surface area (Å²) in [6, 6.07) is 25.8. The van der Waals surface area contributed by atoms with Crippen LogP contribution in [0.4, 0.5) is 5.69 Å². The average Bonchev–Trinajstić information content (AvgIpc) is 2.75. The van der Waals surface area contributed by atoms with Gasteiger partial charge in [0, 0.05) is 17.7 Å². The van der Waals surface area contributed by atoms with Crippen molar-refractivity contribution >= 4 is 17.5 Å². The summed E-state index contributed by atoms with van der Waals surface area (Å²) in [6.45, 7) is 2.13. The van der Waals surface area contributed by atoms with Gasteiger partial charge in [0.15, 0.2) is 0 Å². The first-order valence-corrected chi connectivity index (χ1v) is 9.95. The van der Waals surface area contributed by atoms with E-state index in [0.29, 0.717) is 12.0 Å². The maximum Gasteiger partial charge on any atom is 0.251 e. The molecule has 2 amide bonds. The summed E-state index contributed by atoms with van der Waals surface area (Å²) >= 11 is 0. The van der Waals surface area contributed by atoms with E-state index in [0.717, 1.165) is 24.1 Å². The molecule has 0 heterocycles. The van der Waals surface area contributed by atoms with Crippen LogP contribution in [0.25, 0.3) is 0 Å². The molecule has 148 valence electrons. The molecule has 0 aliphatic rings. The highest BCUT2D eigenvalue weighted by Gasteiger charge is 2.22. The van der Waals surface area contributed by atoms with Crippen molar-refractivity contribution in [3.63, 3.8) is 0 Å². The van der Waals surface area contributed by atoms with Gasteiger partial charge in [-0.05, 0) is 41.8 Å². The normalized spacial score (nSPS) is 11.5. The predicted molar refractivity (Wildman–Crippen MR) is 117 cm³/mol. The Morgan fingerprint density at radius 1 is 0.828 bits per heavy atom. The first-order chi connectivity index (χ1) is 14.2. The molecule has 0 saturated carbocycles. The summed E-state index contributed by atoms with van der Waals surface area (Å²) in [5, 5.41) is 5.85. The number of hydrogen-bond acceptors (Lipinski definition) is 2. The zero-order valence-corrected chi connectivity index (χ0v) is 16.6. The molecule has 2 N–H and O–H groups in total. The van der Waals surface area contributed by atoms with E-state index < -0.39 is 6.04 Å². The maximum atomic E-state index is 13.0. The van der Waals surface area contributed by atoms with E-state index in [4.69, 9.17) is 0 Å². The van der Waals surface area contributed by atoms with Gasteiger partial charge in [-0.25, -0.2) is 0 Å². The Kier molecular flexibility index (Phi) is 7.17. The van der Waals surface area contributed by atoms with Crippen molar-refractivity contribution in [2.24, 2.45) is 0 Å². The van der Waals surface area contributed by atoms with Gasteiger partial charge >= 0.3 is 0 Å². The number of carbonyl (C=O) groups is 2. The minimum atomic E-state index is -0.681. The van der Waals surface area contributed by atoms with Crippen molar-refractivity contribution in [3.05, 3.63) is 102 Å². The molecule has 0 bridgehead atoms. The van der Waals surface area contributed by atoms with Crippen LogP contribution in [0.5, 0.6) is 0 Å². The summed E-state index contributed by atoms with van der Waals surface area (Å²) in [5.41, 5.74) is 3.44. The molecule has 3 aromatic rings. The van der Waals surface area contributed by atoms with Crippen molar-refractivity contribution in [1.82, 2.24) is 5.32 Å². The quantitative estimate of drug-likeness (QED) is 0.593. The van der Waals surface area contributed by atoms with Crippen LogP contribution in [-0.4, -0.2) is 17.9 Å². The van der Waals surface area contributed by atoms with Gasteiger partial charge in [-0.3, -0.25) is 9.59 Å². The summed E-state index contributed by atoms with van der Waals surface area (Å²) < 4.78 is 0. The number of rotatable bonds is 8. The molecule has 3 rings (SSSR count). The fraction of sp³-hybridized carbons (Fsp3) is 0.200. The molecule has 3 aromatic carbocycles. The minimum Gasteiger partial charge on any atom is -0.340 e. The maximum absolute atomic E-state index is 13.0. The summed E-state index contributed by atoms with van der Waals surface area (Å²) in [7, 11) is 0. The number of carbonyl (C=O) groups excluding carboxylic acids is 2. The fourth-order valence-electron chi connectivity index (χ4n) is 3.21. The number of benzene rings is 3. The van der Waals surface area contributed by atoms with Crippen molar-refractivity contribution in [2.45, 2.75) is 32.2 Å². The van der Waals surface area contributed by atoms with E-state index in [9.17, 15) is 9.59 Å². The molecular weight excluding hydrogens is 360 g/mol. The van der Waals surface area contributed by atoms with E-state index in [2.05, 4.69) is 23.6 Å². The molecule has 0 aromatic heterocycles. The number of nitrogens with one attached hydrogen (secondary N) is 2. The number of hydrogen-bond donors (Lipinski definition) is 2. The molecule has 0 aliphatic carbocycles. The topological polar surface area (TPSA) is 58.2 Å².